The van der Waals surface area contributed by atoms with Crippen molar-refractivity contribution >= 4 is 33.5 Å². The number of ether oxygens (including phenoxy) is 1. The van der Waals surface area contributed by atoms with E-state index in [2.05, 4.69) is 50.0 Å². The summed E-state index contributed by atoms with van der Waals surface area (Å²) in [6, 6.07) is 19.8. The van der Waals surface area contributed by atoms with Crippen molar-refractivity contribution in [1.29, 1.82) is 0 Å². The van der Waals surface area contributed by atoms with Gasteiger partial charge in [-0.3, -0.25) is 9.69 Å². The first-order valence-corrected chi connectivity index (χ1v) is 11.9. The molecule has 2 aliphatic rings. The third-order valence-corrected chi connectivity index (χ3v) is 6.74. The molecular formula is C27H25BrN2O3. The van der Waals surface area contributed by atoms with Crippen LogP contribution in [0.1, 0.15) is 27.0 Å². The van der Waals surface area contributed by atoms with E-state index in [4.69, 9.17) is 4.74 Å². The molecule has 0 atom stereocenters. The molecule has 0 radical (unpaired) electrons. The van der Waals surface area contributed by atoms with Gasteiger partial charge in [-0.25, -0.2) is 0 Å². The third kappa shape index (κ3) is 4.41. The van der Waals surface area contributed by atoms with Crippen molar-refractivity contribution in [3.8, 4) is 11.5 Å². The number of allylic oxidation sites excluding steroid dienone is 1. The van der Waals surface area contributed by atoms with Gasteiger partial charge in [-0.2, -0.15) is 0 Å². The normalized spacial score (nSPS) is 17.3. The highest BCUT2D eigenvalue weighted by molar-refractivity contribution is 9.10. The number of fused-ring (bicyclic) bond motifs is 1. The van der Waals surface area contributed by atoms with Crippen LogP contribution in [0.25, 0.3) is 6.08 Å². The van der Waals surface area contributed by atoms with Crippen molar-refractivity contribution in [2.75, 3.05) is 31.1 Å². The number of ketones is 1. The number of hydrogen-bond acceptors (Lipinski definition) is 5. The zero-order valence-electron chi connectivity index (χ0n) is 18.4. The summed E-state index contributed by atoms with van der Waals surface area (Å²) in [6.45, 7) is 5.93. The molecule has 3 aromatic rings. The fourth-order valence-corrected chi connectivity index (χ4v) is 4.92. The molecule has 0 unspecified atom stereocenters. The average molecular weight is 505 g/mol. The van der Waals surface area contributed by atoms with Gasteiger partial charge in [0.2, 0.25) is 5.78 Å². The van der Waals surface area contributed by atoms with E-state index in [1.54, 1.807) is 12.1 Å². The molecule has 0 amide bonds. The Balaban J connectivity index is 1.37. The van der Waals surface area contributed by atoms with E-state index in [9.17, 15) is 9.90 Å². The number of carbonyl (C=O) groups is 1. The number of piperazine rings is 1. The summed E-state index contributed by atoms with van der Waals surface area (Å²) >= 11 is 3.47. The molecular weight excluding hydrogens is 480 g/mol. The van der Waals surface area contributed by atoms with Crippen LogP contribution >= 0.6 is 15.9 Å². The third-order valence-electron chi connectivity index (χ3n) is 6.24. The van der Waals surface area contributed by atoms with Crippen LogP contribution in [0.3, 0.4) is 0 Å². The van der Waals surface area contributed by atoms with E-state index in [1.807, 2.05) is 37.3 Å². The van der Waals surface area contributed by atoms with E-state index in [-0.39, 0.29) is 17.3 Å². The van der Waals surface area contributed by atoms with Gasteiger partial charge >= 0.3 is 0 Å². The molecule has 1 N–H and O–H groups in total. The topological polar surface area (TPSA) is 53.0 Å². The molecule has 1 saturated heterocycles. The smallest absolute Gasteiger partial charge is 0.232 e. The average Bonchev–Trinajstić information content (AvgIpc) is 3.14. The molecule has 0 bridgehead atoms. The molecule has 3 aromatic carbocycles. The number of Topliss-reactive ketones (excluding diaryl/α,β-unsaturated/α-hetero) is 1. The minimum absolute atomic E-state index is 0.141. The lowest BCUT2D eigenvalue weighted by molar-refractivity contribution is 0.101. The van der Waals surface area contributed by atoms with Crippen LogP contribution in [0.5, 0.6) is 11.5 Å². The van der Waals surface area contributed by atoms with Gasteiger partial charge in [0.15, 0.2) is 5.76 Å². The van der Waals surface area contributed by atoms with E-state index in [0.717, 1.165) is 41.8 Å². The van der Waals surface area contributed by atoms with Crippen LogP contribution in [0.2, 0.25) is 0 Å². The Morgan fingerprint density at radius 3 is 2.52 bits per heavy atom. The molecule has 0 aromatic heterocycles. The molecule has 5 rings (SSSR count). The highest BCUT2D eigenvalue weighted by Gasteiger charge is 2.34. The van der Waals surface area contributed by atoms with Crippen molar-refractivity contribution in [2.24, 2.45) is 0 Å². The lowest BCUT2D eigenvalue weighted by atomic mass is 9.99. The summed E-state index contributed by atoms with van der Waals surface area (Å²) in [4.78, 5) is 17.8. The number of phenols is 1. The molecule has 6 heteroatoms. The quantitative estimate of drug-likeness (QED) is 0.482. The Bertz CT molecular complexity index is 1230. The van der Waals surface area contributed by atoms with Crippen LogP contribution in [-0.4, -0.2) is 42.0 Å². The van der Waals surface area contributed by atoms with E-state index in [0.29, 0.717) is 23.4 Å². The van der Waals surface area contributed by atoms with Crippen molar-refractivity contribution in [3.05, 3.63) is 93.1 Å². The van der Waals surface area contributed by atoms with Gasteiger partial charge in [0, 0.05) is 42.9 Å². The van der Waals surface area contributed by atoms with Crippen LogP contribution in [0, 0.1) is 6.92 Å². The minimum atomic E-state index is -0.141. The second-order valence-corrected chi connectivity index (χ2v) is 9.40. The zero-order chi connectivity index (χ0) is 22.9. The number of phenolic OH excluding ortho intramolecular Hbond substituents is 1. The van der Waals surface area contributed by atoms with Gasteiger partial charge in [-0.15, -0.1) is 0 Å². The minimum Gasteiger partial charge on any atom is -0.507 e. The number of carbonyl (C=O) groups excluding carboxylic acids is 1. The second-order valence-electron chi connectivity index (χ2n) is 8.49. The predicted molar refractivity (Wildman–Crippen MR) is 134 cm³/mol. The van der Waals surface area contributed by atoms with Crippen LogP contribution in [0.15, 0.2) is 70.9 Å². The summed E-state index contributed by atoms with van der Waals surface area (Å²) < 4.78 is 7.02. The highest BCUT2D eigenvalue weighted by atomic mass is 79.9. The Labute approximate surface area is 202 Å². The zero-order valence-corrected chi connectivity index (χ0v) is 20.0. The lowest BCUT2D eigenvalue weighted by Crippen LogP contribution is -2.46. The van der Waals surface area contributed by atoms with Crippen molar-refractivity contribution in [1.82, 2.24) is 4.90 Å². The molecule has 168 valence electrons. The van der Waals surface area contributed by atoms with E-state index < -0.39 is 0 Å². The molecule has 2 aliphatic heterocycles. The number of hydrogen-bond donors (Lipinski definition) is 1. The van der Waals surface area contributed by atoms with Gasteiger partial charge in [0.05, 0.1) is 11.1 Å². The summed E-state index contributed by atoms with van der Waals surface area (Å²) in [7, 11) is 0. The molecule has 33 heavy (non-hydrogen) atoms. The first kappa shape index (κ1) is 21.7. The van der Waals surface area contributed by atoms with Gasteiger partial charge in [-0.05, 0) is 54.5 Å². The van der Waals surface area contributed by atoms with Gasteiger partial charge < -0.3 is 14.7 Å². The molecule has 0 spiro atoms. The van der Waals surface area contributed by atoms with Crippen LogP contribution < -0.4 is 9.64 Å². The van der Waals surface area contributed by atoms with Crippen LogP contribution in [-0.2, 0) is 6.54 Å². The Morgan fingerprint density at radius 2 is 1.79 bits per heavy atom. The molecule has 2 heterocycles. The maximum Gasteiger partial charge on any atom is 0.232 e. The number of aryl methyl sites for hydroxylation is 1. The summed E-state index contributed by atoms with van der Waals surface area (Å²) in [5, 5.41) is 10.8. The van der Waals surface area contributed by atoms with Crippen molar-refractivity contribution < 1.29 is 14.6 Å². The number of aromatic hydroxyl groups is 1. The number of benzene rings is 3. The monoisotopic (exact) mass is 504 g/mol. The van der Waals surface area contributed by atoms with Crippen molar-refractivity contribution in [2.45, 2.75) is 13.5 Å². The standard InChI is InChI=1S/C27H25BrN2O3/c1-18-14-23(31)22(17-29-10-12-30(13-11-29)21-8-3-2-4-9-21)27-25(18)26(32)24(33-27)16-19-6-5-7-20(28)15-19/h2-9,14-16,31H,10-13,17H2,1H3/b24-16-. The Hall–Kier alpha value is -3.09. The molecule has 0 saturated carbocycles. The summed E-state index contributed by atoms with van der Waals surface area (Å²) in [5.41, 5.74) is 4.05. The summed E-state index contributed by atoms with van der Waals surface area (Å²) in [6.07, 6.45) is 1.76. The first-order valence-electron chi connectivity index (χ1n) is 11.1. The fourth-order valence-electron chi connectivity index (χ4n) is 4.51. The largest absolute Gasteiger partial charge is 0.507 e. The predicted octanol–water partition coefficient (Wildman–Crippen LogP) is 5.40. The number of para-hydroxylation sites is 1. The maximum atomic E-state index is 13.2. The fraction of sp³-hybridized carbons (Fsp3) is 0.222. The molecule has 1 fully saturated rings. The summed E-state index contributed by atoms with van der Waals surface area (Å²) in [5.74, 6) is 0.807. The molecule has 5 nitrogen and oxygen atoms in total. The highest BCUT2D eigenvalue weighted by Crippen LogP contribution is 2.42. The van der Waals surface area contributed by atoms with Gasteiger partial charge in [0.1, 0.15) is 11.5 Å². The Morgan fingerprint density at radius 1 is 1.03 bits per heavy atom. The number of rotatable bonds is 4. The lowest BCUT2D eigenvalue weighted by Gasteiger charge is -2.36. The number of anilines is 1. The first-order chi connectivity index (χ1) is 16.0. The SMILES string of the molecule is Cc1cc(O)c(CN2CCN(c3ccccc3)CC2)c2c1C(=O)/C(=C/c1cccc(Br)c1)O2. The van der Waals surface area contributed by atoms with Crippen molar-refractivity contribution in [3.63, 3.8) is 0 Å². The maximum absolute atomic E-state index is 13.2. The van der Waals surface area contributed by atoms with E-state index >= 15 is 0 Å². The van der Waals surface area contributed by atoms with Gasteiger partial charge in [-0.1, -0.05) is 46.3 Å². The van der Waals surface area contributed by atoms with Gasteiger partial charge in [0.25, 0.3) is 0 Å². The second kappa shape index (κ2) is 9.04. The Kier molecular flexibility index (Phi) is 5.96. The number of halogens is 1. The number of nitrogens with zero attached hydrogens (tertiary/aromatic N) is 2. The van der Waals surface area contributed by atoms with Crippen LogP contribution in [0.4, 0.5) is 5.69 Å². The van der Waals surface area contributed by atoms with E-state index in [1.165, 1.54) is 5.69 Å². The molecule has 0 aliphatic carbocycles.